The van der Waals surface area contributed by atoms with E-state index < -0.39 is 0 Å². The molecule has 2 saturated heterocycles. The molecule has 5 heteroatoms. The van der Waals surface area contributed by atoms with Gasteiger partial charge in [0.05, 0.1) is 10.0 Å². The van der Waals surface area contributed by atoms with Gasteiger partial charge in [0.25, 0.3) is 0 Å². The fraction of sp³-hybridized carbons (Fsp3) is 0.615. The lowest BCUT2D eigenvalue weighted by Gasteiger charge is -2.24. The summed E-state index contributed by atoms with van der Waals surface area (Å²) in [6.07, 6.45) is 5.57. The van der Waals surface area contributed by atoms with E-state index >= 15 is 0 Å². The minimum Gasteiger partial charge on any atom is -0.354 e. The number of nitrogens with zero attached hydrogens (tertiary/aromatic N) is 3. The van der Waals surface area contributed by atoms with Gasteiger partial charge in [0.1, 0.15) is 5.82 Å². The van der Waals surface area contributed by atoms with Gasteiger partial charge in [0.15, 0.2) is 0 Å². The maximum absolute atomic E-state index is 6.21. The number of hydrogen-bond donors (Lipinski definition) is 0. The summed E-state index contributed by atoms with van der Waals surface area (Å²) in [4.78, 5) is 9.24. The van der Waals surface area contributed by atoms with Crippen LogP contribution in [0.1, 0.15) is 19.3 Å². The predicted octanol–water partition coefficient (Wildman–Crippen LogP) is 3.06. The highest BCUT2D eigenvalue weighted by Crippen LogP contribution is 2.30. The highest BCUT2D eigenvalue weighted by molar-refractivity contribution is 6.36. The summed E-state index contributed by atoms with van der Waals surface area (Å²) < 4.78 is 0. The number of hydrogen-bond acceptors (Lipinski definition) is 3. The first kappa shape index (κ1) is 12.5. The SMILES string of the molecule is Clc1cnc(N2CCC(N3CCCC3)C2)c(Cl)c1. The Morgan fingerprint density at radius 2 is 1.94 bits per heavy atom. The first-order chi connectivity index (χ1) is 8.74. The fourth-order valence-electron chi connectivity index (χ4n) is 2.98. The van der Waals surface area contributed by atoms with Crippen LogP contribution in [0, 0.1) is 0 Å². The number of pyridine rings is 1. The maximum Gasteiger partial charge on any atom is 0.147 e. The van der Waals surface area contributed by atoms with Crippen molar-refractivity contribution in [1.82, 2.24) is 9.88 Å². The number of aromatic nitrogens is 1. The zero-order chi connectivity index (χ0) is 12.5. The van der Waals surface area contributed by atoms with Crippen molar-refractivity contribution in [3.05, 3.63) is 22.3 Å². The second-order valence-electron chi connectivity index (χ2n) is 5.09. The lowest BCUT2D eigenvalue weighted by molar-refractivity contribution is 0.260. The lowest BCUT2D eigenvalue weighted by atomic mass is 10.2. The Morgan fingerprint density at radius 1 is 1.17 bits per heavy atom. The second kappa shape index (κ2) is 5.24. The van der Waals surface area contributed by atoms with Crippen molar-refractivity contribution < 1.29 is 0 Å². The Hall–Kier alpha value is -0.510. The van der Waals surface area contributed by atoms with Crippen molar-refractivity contribution in [2.45, 2.75) is 25.3 Å². The van der Waals surface area contributed by atoms with Crippen molar-refractivity contribution in [1.29, 1.82) is 0 Å². The van der Waals surface area contributed by atoms with Gasteiger partial charge in [-0.25, -0.2) is 4.98 Å². The van der Waals surface area contributed by atoms with Gasteiger partial charge in [0.2, 0.25) is 0 Å². The van der Waals surface area contributed by atoms with Crippen LogP contribution in [0.25, 0.3) is 0 Å². The molecule has 2 aliphatic heterocycles. The van der Waals surface area contributed by atoms with Crippen molar-refractivity contribution in [2.24, 2.45) is 0 Å². The van der Waals surface area contributed by atoms with Crippen LogP contribution in [-0.2, 0) is 0 Å². The van der Waals surface area contributed by atoms with E-state index in [1.807, 2.05) is 0 Å². The molecule has 98 valence electrons. The Labute approximate surface area is 118 Å². The zero-order valence-electron chi connectivity index (χ0n) is 10.3. The maximum atomic E-state index is 6.21. The van der Waals surface area contributed by atoms with E-state index in [1.54, 1.807) is 12.3 Å². The van der Waals surface area contributed by atoms with Crippen molar-refractivity contribution in [3.63, 3.8) is 0 Å². The average Bonchev–Trinajstić information content (AvgIpc) is 2.99. The van der Waals surface area contributed by atoms with Gasteiger partial charge in [-0.3, -0.25) is 4.90 Å². The summed E-state index contributed by atoms with van der Waals surface area (Å²) in [5.74, 6) is 0.878. The highest BCUT2D eigenvalue weighted by atomic mass is 35.5. The third-order valence-electron chi connectivity index (χ3n) is 3.91. The van der Waals surface area contributed by atoms with E-state index in [0.717, 1.165) is 18.9 Å². The molecule has 3 nitrogen and oxygen atoms in total. The van der Waals surface area contributed by atoms with Crippen LogP contribution in [0.4, 0.5) is 5.82 Å². The molecule has 2 fully saturated rings. The van der Waals surface area contributed by atoms with E-state index in [0.29, 0.717) is 16.1 Å². The molecule has 0 bridgehead atoms. The van der Waals surface area contributed by atoms with Gasteiger partial charge in [-0.2, -0.15) is 0 Å². The number of halogens is 2. The van der Waals surface area contributed by atoms with Crippen molar-refractivity contribution in [3.8, 4) is 0 Å². The smallest absolute Gasteiger partial charge is 0.147 e. The molecular weight excluding hydrogens is 269 g/mol. The number of rotatable bonds is 2. The van der Waals surface area contributed by atoms with Gasteiger partial charge < -0.3 is 4.90 Å². The molecule has 1 unspecified atom stereocenters. The molecule has 0 spiro atoms. The fourth-order valence-corrected chi connectivity index (χ4v) is 3.48. The number of likely N-dealkylation sites (tertiary alicyclic amines) is 1. The Balaban J connectivity index is 1.71. The molecule has 0 aliphatic carbocycles. The third kappa shape index (κ3) is 2.44. The van der Waals surface area contributed by atoms with Crippen molar-refractivity contribution >= 4 is 29.0 Å². The quantitative estimate of drug-likeness (QED) is 0.833. The molecular formula is C13H17Cl2N3. The average molecular weight is 286 g/mol. The van der Waals surface area contributed by atoms with Crippen LogP contribution >= 0.6 is 23.2 Å². The first-order valence-electron chi connectivity index (χ1n) is 6.54. The molecule has 3 heterocycles. The van der Waals surface area contributed by atoms with E-state index in [2.05, 4.69) is 14.8 Å². The molecule has 2 aliphatic rings. The predicted molar refractivity (Wildman–Crippen MR) is 75.7 cm³/mol. The summed E-state index contributed by atoms with van der Waals surface area (Å²) in [5.41, 5.74) is 0. The topological polar surface area (TPSA) is 19.4 Å². The van der Waals surface area contributed by atoms with Gasteiger partial charge in [-0.05, 0) is 38.4 Å². The van der Waals surface area contributed by atoms with Crippen LogP contribution in [0.15, 0.2) is 12.3 Å². The molecule has 0 N–H and O–H groups in total. The molecule has 0 saturated carbocycles. The van der Waals surface area contributed by atoms with Crippen LogP contribution < -0.4 is 4.90 Å². The normalized spacial score (nSPS) is 25.0. The van der Waals surface area contributed by atoms with Crippen LogP contribution in [0.3, 0.4) is 0 Å². The molecule has 18 heavy (non-hydrogen) atoms. The zero-order valence-corrected chi connectivity index (χ0v) is 11.8. The standard InChI is InChI=1S/C13H17Cl2N3/c14-10-7-12(15)13(16-8-10)18-6-3-11(9-18)17-4-1-2-5-17/h7-8,11H,1-6,9H2. The summed E-state index contributed by atoms with van der Waals surface area (Å²) in [6.45, 7) is 4.57. The summed E-state index contributed by atoms with van der Waals surface area (Å²) in [5, 5.41) is 1.25. The largest absolute Gasteiger partial charge is 0.354 e. The first-order valence-corrected chi connectivity index (χ1v) is 7.29. The third-order valence-corrected chi connectivity index (χ3v) is 4.39. The van der Waals surface area contributed by atoms with Gasteiger partial charge in [-0.15, -0.1) is 0 Å². The van der Waals surface area contributed by atoms with E-state index in [-0.39, 0.29) is 0 Å². The molecule has 0 amide bonds. The second-order valence-corrected chi connectivity index (χ2v) is 5.93. The van der Waals surface area contributed by atoms with Gasteiger partial charge in [0, 0.05) is 25.3 Å². The highest BCUT2D eigenvalue weighted by Gasteiger charge is 2.30. The van der Waals surface area contributed by atoms with E-state index in [9.17, 15) is 0 Å². The van der Waals surface area contributed by atoms with Crippen LogP contribution in [0.5, 0.6) is 0 Å². The van der Waals surface area contributed by atoms with Crippen molar-refractivity contribution in [2.75, 3.05) is 31.1 Å². The number of anilines is 1. The molecule has 1 atom stereocenters. The van der Waals surface area contributed by atoms with Gasteiger partial charge >= 0.3 is 0 Å². The van der Waals surface area contributed by atoms with Crippen LogP contribution in [0.2, 0.25) is 10.0 Å². The lowest BCUT2D eigenvalue weighted by Crippen LogP contribution is -2.35. The molecule has 1 aromatic heterocycles. The molecule has 0 radical (unpaired) electrons. The summed E-state index contributed by atoms with van der Waals surface area (Å²) >= 11 is 12.1. The monoisotopic (exact) mass is 285 g/mol. The summed E-state index contributed by atoms with van der Waals surface area (Å²) in [7, 11) is 0. The van der Waals surface area contributed by atoms with E-state index in [4.69, 9.17) is 23.2 Å². The Kier molecular flexibility index (Phi) is 3.64. The summed E-state index contributed by atoms with van der Waals surface area (Å²) in [6, 6.07) is 2.44. The Morgan fingerprint density at radius 3 is 2.67 bits per heavy atom. The molecule has 3 rings (SSSR count). The van der Waals surface area contributed by atoms with Gasteiger partial charge in [-0.1, -0.05) is 23.2 Å². The Bertz CT molecular complexity index is 432. The van der Waals surface area contributed by atoms with E-state index in [1.165, 1.54) is 32.4 Å². The van der Waals surface area contributed by atoms with Crippen LogP contribution in [-0.4, -0.2) is 42.1 Å². The molecule has 1 aromatic rings. The minimum absolute atomic E-state index is 0.596. The molecule has 0 aromatic carbocycles. The minimum atomic E-state index is 0.596.